The zero-order valence-electron chi connectivity index (χ0n) is 29.8. The van der Waals surface area contributed by atoms with Gasteiger partial charge in [0.15, 0.2) is 0 Å². The number of piperidine rings is 1. The molecule has 2 atom stereocenters. The Labute approximate surface area is 290 Å². The van der Waals surface area contributed by atoms with Crippen LogP contribution in [0.2, 0.25) is 0 Å². The van der Waals surface area contributed by atoms with Gasteiger partial charge in [0, 0.05) is 24.7 Å². The number of likely N-dealkylation sites (tertiary alicyclic amines) is 1. The van der Waals surface area contributed by atoms with E-state index in [2.05, 4.69) is 40.5 Å². The Bertz CT molecular complexity index is 1410. The predicted octanol–water partition coefficient (Wildman–Crippen LogP) is 6.81. The number of benzene rings is 2. The van der Waals surface area contributed by atoms with Gasteiger partial charge in [-0.25, -0.2) is 8.42 Å². The lowest BCUT2D eigenvalue weighted by Crippen LogP contribution is -2.50. The fourth-order valence-electron chi connectivity index (χ4n) is 8.53. The van der Waals surface area contributed by atoms with E-state index in [9.17, 15) is 13.2 Å². The molecule has 1 N–H and O–H groups in total. The second kappa shape index (κ2) is 17.0. The molecule has 0 spiro atoms. The summed E-state index contributed by atoms with van der Waals surface area (Å²) in [6, 6.07) is 14.2. The van der Waals surface area contributed by atoms with Gasteiger partial charge in [0.25, 0.3) is 0 Å². The minimum Gasteiger partial charge on any atom is -0.497 e. The third-order valence-electron chi connectivity index (χ3n) is 11.3. The number of nitrogens with one attached hydrogen (secondary N) is 1. The van der Waals surface area contributed by atoms with Crippen molar-refractivity contribution in [1.29, 1.82) is 0 Å². The van der Waals surface area contributed by atoms with E-state index in [4.69, 9.17) is 9.47 Å². The molecule has 3 aliphatic rings. The zero-order valence-corrected chi connectivity index (χ0v) is 30.7. The molecule has 2 unspecified atom stereocenters. The Morgan fingerprint density at radius 2 is 1.65 bits per heavy atom. The number of carbonyl (C=O) groups excluding carboxylic acids is 1. The molecule has 2 heterocycles. The summed E-state index contributed by atoms with van der Waals surface area (Å²) >= 11 is 0. The first-order valence-corrected chi connectivity index (χ1v) is 19.9. The van der Waals surface area contributed by atoms with E-state index < -0.39 is 16.1 Å². The van der Waals surface area contributed by atoms with Crippen LogP contribution in [0.5, 0.6) is 5.75 Å². The highest BCUT2D eigenvalue weighted by Gasteiger charge is 2.41. The lowest BCUT2D eigenvalue weighted by molar-refractivity contribution is -0.132. The van der Waals surface area contributed by atoms with Gasteiger partial charge in [0.1, 0.15) is 11.9 Å². The van der Waals surface area contributed by atoms with Crippen LogP contribution in [0.3, 0.4) is 0 Å². The van der Waals surface area contributed by atoms with Gasteiger partial charge in [-0.3, -0.25) is 9.69 Å². The van der Waals surface area contributed by atoms with Crippen molar-refractivity contribution in [3.8, 4) is 5.75 Å². The number of aryl methyl sites for hydroxylation is 3. The van der Waals surface area contributed by atoms with Crippen LogP contribution in [0, 0.1) is 19.8 Å². The van der Waals surface area contributed by atoms with Gasteiger partial charge in [0.05, 0.1) is 18.6 Å². The highest BCUT2D eigenvalue weighted by molar-refractivity contribution is 7.89. The summed E-state index contributed by atoms with van der Waals surface area (Å²) in [5, 5.41) is 3.09. The van der Waals surface area contributed by atoms with Gasteiger partial charge in [-0.15, -0.1) is 0 Å². The second-order valence-electron chi connectivity index (χ2n) is 14.6. The zero-order chi connectivity index (χ0) is 34.1. The topological polar surface area (TPSA) is 88.2 Å². The average molecular weight is 682 g/mol. The van der Waals surface area contributed by atoms with Gasteiger partial charge in [-0.1, -0.05) is 36.8 Å². The second-order valence-corrected chi connectivity index (χ2v) is 16.4. The number of ether oxygens (including phenoxy) is 2. The van der Waals surface area contributed by atoms with Crippen molar-refractivity contribution in [2.75, 3.05) is 39.9 Å². The van der Waals surface area contributed by atoms with Crippen LogP contribution in [0.25, 0.3) is 0 Å². The van der Waals surface area contributed by atoms with Gasteiger partial charge < -0.3 is 14.8 Å². The first kappa shape index (κ1) is 36.8. The Morgan fingerprint density at radius 3 is 2.31 bits per heavy atom. The van der Waals surface area contributed by atoms with E-state index in [0.717, 1.165) is 38.0 Å². The molecule has 2 aromatic carbocycles. The van der Waals surface area contributed by atoms with Crippen molar-refractivity contribution in [3.05, 3.63) is 59.2 Å². The highest BCUT2D eigenvalue weighted by Crippen LogP contribution is 2.42. The SMILES string of the molecule is COc1cc(C)c(S(=O)(=O)N2CCCCC2COC(C)C(=O)NCCCC2CCC(CCc3ccccc3)(N3CCCC3)CC2)c(C)c1. The standard InChI is InChI=1S/C39H59N3O5S/c1-30-27-36(46-4)28-31(2)37(30)48(44,45)42-26-9-8-16-35(42)29-47-32(3)38(43)40-23-12-15-34-18-21-39(22-19-34,41-24-10-11-25-41)20-17-33-13-6-5-7-14-33/h5-7,13-14,27-28,32,34-35H,8-12,15-26,29H2,1-4H3,(H,40,43). The number of methoxy groups -OCH3 is 1. The number of hydrogen-bond donors (Lipinski definition) is 1. The maximum atomic E-state index is 13.9. The molecule has 1 aliphatic carbocycles. The average Bonchev–Trinajstić information content (AvgIpc) is 3.65. The number of sulfonamides is 1. The Morgan fingerprint density at radius 1 is 0.979 bits per heavy atom. The summed E-state index contributed by atoms with van der Waals surface area (Å²) in [6.07, 6.45) is 14.1. The molecule has 0 radical (unpaired) electrons. The molecule has 9 heteroatoms. The largest absolute Gasteiger partial charge is 0.497 e. The molecule has 0 bridgehead atoms. The fourth-order valence-corrected chi connectivity index (χ4v) is 10.6. The van der Waals surface area contributed by atoms with E-state index in [1.807, 2.05) is 13.8 Å². The van der Waals surface area contributed by atoms with E-state index in [-0.39, 0.29) is 18.6 Å². The van der Waals surface area contributed by atoms with E-state index in [0.29, 0.717) is 46.8 Å². The van der Waals surface area contributed by atoms with Crippen molar-refractivity contribution in [3.63, 3.8) is 0 Å². The van der Waals surface area contributed by atoms with Gasteiger partial charge >= 0.3 is 0 Å². The summed E-state index contributed by atoms with van der Waals surface area (Å²) in [7, 11) is -2.14. The number of amides is 1. The molecule has 5 rings (SSSR count). The summed E-state index contributed by atoms with van der Waals surface area (Å²) < 4.78 is 40.7. The van der Waals surface area contributed by atoms with Crippen LogP contribution in [-0.4, -0.2) is 81.1 Å². The van der Waals surface area contributed by atoms with Gasteiger partial charge in [-0.2, -0.15) is 4.31 Å². The Kier molecular flexibility index (Phi) is 13.0. The lowest BCUT2D eigenvalue weighted by Gasteiger charge is -2.47. The minimum atomic E-state index is -3.73. The molecule has 2 saturated heterocycles. The molecule has 1 saturated carbocycles. The van der Waals surface area contributed by atoms with Crippen molar-refractivity contribution >= 4 is 15.9 Å². The molecule has 2 aliphatic heterocycles. The molecular formula is C39H59N3O5S. The maximum Gasteiger partial charge on any atom is 0.248 e. The summed E-state index contributed by atoms with van der Waals surface area (Å²) in [5.41, 5.74) is 3.15. The first-order valence-electron chi connectivity index (χ1n) is 18.5. The van der Waals surface area contributed by atoms with Gasteiger partial charge in [0.2, 0.25) is 15.9 Å². The lowest BCUT2D eigenvalue weighted by atomic mass is 9.71. The minimum absolute atomic E-state index is 0.125. The number of hydrogen-bond acceptors (Lipinski definition) is 6. The quantitative estimate of drug-likeness (QED) is 0.208. The highest BCUT2D eigenvalue weighted by atomic mass is 32.2. The van der Waals surface area contributed by atoms with Crippen molar-refractivity contribution in [2.45, 2.75) is 127 Å². The van der Waals surface area contributed by atoms with Crippen molar-refractivity contribution in [2.24, 2.45) is 5.92 Å². The molecule has 1 amide bonds. The van der Waals surface area contributed by atoms with E-state index >= 15 is 0 Å². The summed E-state index contributed by atoms with van der Waals surface area (Å²) in [4.78, 5) is 16.1. The molecule has 266 valence electrons. The molecule has 0 aromatic heterocycles. The van der Waals surface area contributed by atoms with E-state index in [1.54, 1.807) is 30.5 Å². The van der Waals surface area contributed by atoms with Crippen LogP contribution in [0.15, 0.2) is 47.4 Å². The molecule has 3 fully saturated rings. The molecular weight excluding hydrogens is 623 g/mol. The smallest absolute Gasteiger partial charge is 0.248 e. The predicted molar refractivity (Wildman–Crippen MR) is 192 cm³/mol. The van der Waals surface area contributed by atoms with Crippen LogP contribution in [0.4, 0.5) is 0 Å². The normalized spacial score (nSPS) is 24.8. The molecule has 48 heavy (non-hydrogen) atoms. The first-order chi connectivity index (χ1) is 23.1. The van der Waals surface area contributed by atoms with Crippen molar-refractivity contribution < 1.29 is 22.7 Å². The maximum absolute atomic E-state index is 13.9. The summed E-state index contributed by atoms with van der Waals surface area (Å²) in [5.74, 6) is 1.25. The third-order valence-corrected chi connectivity index (χ3v) is 13.6. The molecule has 2 aromatic rings. The monoisotopic (exact) mass is 681 g/mol. The third kappa shape index (κ3) is 9.01. The van der Waals surface area contributed by atoms with Gasteiger partial charge in [-0.05, 0) is 146 Å². The van der Waals surface area contributed by atoms with Crippen LogP contribution in [0.1, 0.15) is 101 Å². The number of carbonyl (C=O) groups is 1. The van der Waals surface area contributed by atoms with Crippen LogP contribution < -0.4 is 10.1 Å². The number of rotatable bonds is 15. The Balaban J connectivity index is 1.05. The van der Waals surface area contributed by atoms with E-state index in [1.165, 1.54) is 63.6 Å². The number of nitrogens with zero attached hydrogens (tertiary/aromatic N) is 2. The fraction of sp³-hybridized carbons (Fsp3) is 0.667. The van der Waals surface area contributed by atoms with Crippen LogP contribution >= 0.6 is 0 Å². The van der Waals surface area contributed by atoms with Crippen LogP contribution in [-0.2, 0) is 26.0 Å². The van der Waals surface area contributed by atoms with Crippen molar-refractivity contribution in [1.82, 2.24) is 14.5 Å². The molecule has 8 nitrogen and oxygen atoms in total. The Hall–Kier alpha value is -2.46. The summed E-state index contributed by atoms with van der Waals surface area (Å²) in [6.45, 7) is 9.20.